The number of hydrogen-bond donors (Lipinski definition) is 2. The standard InChI is InChI=1S/C10H18N4O2/c1-4-7(2)11-6-10(15)12-5-9-13-8(3)16-14-9/h7,11H,4-6H2,1-3H3,(H,12,15). The van der Waals surface area contributed by atoms with E-state index in [1.807, 2.05) is 6.92 Å². The Kier molecular flexibility index (Phi) is 4.91. The molecule has 0 aromatic carbocycles. The minimum atomic E-state index is -0.0669. The van der Waals surface area contributed by atoms with Crippen LogP contribution in [-0.4, -0.2) is 28.6 Å². The van der Waals surface area contributed by atoms with Crippen LogP contribution < -0.4 is 10.6 Å². The molecule has 1 heterocycles. The summed E-state index contributed by atoms with van der Waals surface area (Å²) in [5.41, 5.74) is 0. The first-order chi connectivity index (χ1) is 7.61. The molecule has 0 aliphatic rings. The molecular weight excluding hydrogens is 208 g/mol. The summed E-state index contributed by atoms with van der Waals surface area (Å²) in [6, 6.07) is 0.346. The Balaban J connectivity index is 2.20. The predicted molar refractivity (Wildman–Crippen MR) is 58.6 cm³/mol. The van der Waals surface area contributed by atoms with Crippen molar-refractivity contribution in [3.8, 4) is 0 Å². The molecule has 0 aliphatic heterocycles. The van der Waals surface area contributed by atoms with E-state index in [1.165, 1.54) is 0 Å². The zero-order valence-electron chi connectivity index (χ0n) is 9.91. The first kappa shape index (κ1) is 12.6. The van der Waals surface area contributed by atoms with E-state index in [0.29, 0.717) is 30.8 Å². The fraction of sp³-hybridized carbons (Fsp3) is 0.700. The van der Waals surface area contributed by atoms with Gasteiger partial charge in [0, 0.05) is 13.0 Å². The molecular formula is C10H18N4O2. The van der Waals surface area contributed by atoms with Crippen LogP contribution in [-0.2, 0) is 11.3 Å². The van der Waals surface area contributed by atoms with Crippen LogP contribution in [0.25, 0.3) is 0 Å². The summed E-state index contributed by atoms with van der Waals surface area (Å²) in [6.07, 6.45) is 0.997. The van der Waals surface area contributed by atoms with Gasteiger partial charge in [0.1, 0.15) is 0 Å². The zero-order valence-corrected chi connectivity index (χ0v) is 9.91. The molecule has 1 amide bonds. The van der Waals surface area contributed by atoms with Crippen molar-refractivity contribution in [1.29, 1.82) is 0 Å². The molecule has 1 aromatic heterocycles. The number of hydrogen-bond acceptors (Lipinski definition) is 5. The van der Waals surface area contributed by atoms with Crippen molar-refractivity contribution in [1.82, 2.24) is 20.8 Å². The first-order valence-electron chi connectivity index (χ1n) is 5.41. The fourth-order valence-electron chi connectivity index (χ4n) is 1.06. The summed E-state index contributed by atoms with van der Waals surface area (Å²) in [5, 5.41) is 9.48. The summed E-state index contributed by atoms with van der Waals surface area (Å²) < 4.78 is 4.78. The second-order valence-electron chi connectivity index (χ2n) is 3.70. The van der Waals surface area contributed by atoms with Gasteiger partial charge in [-0.1, -0.05) is 12.1 Å². The highest BCUT2D eigenvalue weighted by Crippen LogP contribution is 1.93. The summed E-state index contributed by atoms with van der Waals surface area (Å²) in [4.78, 5) is 15.4. The zero-order chi connectivity index (χ0) is 12.0. The maximum absolute atomic E-state index is 11.4. The molecule has 1 rings (SSSR count). The number of amides is 1. The molecule has 0 saturated carbocycles. The molecule has 0 spiro atoms. The van der Waals surface area contributed by atoms with Crippen LogP contribution in [0.1, 0.15) is 32.0 Å². The van der Waals surface area contributed by atoms with Crippen LogP contribution in [0.5, 0.6) is 0 Å². The third kappa shape index (κ3) is 4.39. The van der Waals surface area contributed by atoms with Crippen molar-refractivity contribution in [2.75, 3.05) is 6.54 Å². The number of aryl methyl sites for hydroxylation is 1. The maximum Gasteiger partial charge on any atom is 0.234 e. The number of nitrogens with zero attached hydrogens (tertiary/aromatic N) is 2. The largest absolute Gasteiger partial charge is 0.348 e. The van der Waals surface area contributed by atoms with Crippen molar-refractivity contribution in [2.24, 2.45) is 0 Å². The molecule has 2 N–H and O–H groups in total. The monoisotopic (exact) mass is 226 g/mol. The minimum Gasteiger partial charge on any atom is -0.348 e. The van der Waals surface area contributed by atoms with E-state index in [9.17, 15) is 4.79 Å². The van der Waals surface area contributed by atoms with Crippen molar-refractivity contribution < 1.29 is 9.32 Å². The van der Waals surface area contributed by atoms with E-state index < -0.39 is 0 Å². The Labute approximate surface area is 94.8 Å². The van der Waals surface area contributed by atoms with Crippen molar-refractivity contribution in [2.45, 2.75) is 39.8 Å². The Bertz CT molecular complexity index is 337. The summed E-state index contributed by atoms with van der Waals surface area (Å²) in [5.74, 6) is 0.930. The Morgan fingerprint density at radius 3 is 2.88 bits per heavy atom. The SMILES string of the molecule is CCC(C)NCC(=O)NCc1noc(C)n1. The molecule has 90 valence electrons. The smallest absolute Gasteiger partial charge is 0.234 e. The van der Waals surface area contributed by atoms with E-state index >= 15 is 0 Å². The van der Waals surface area contributed by atoms with Gasteiger partial charge in [-0.2, -0.15) is 4.98 Å². The number of nitrogens with one attached hydrogen (secondary N) is 2. The third-order valence-corrected chi connectivity index (χ3v) is 2.24. The van der Waals surface area contributed by atoms with Gasteiger partial charge in [-0.05, 0) is 13.3 Å². The third-order valence-electron chi connectivity index (χ3n) is 2.24. The van der Waals surface area contributed by atoms with Crippen LogP contribution in [0, 0.1) is 6.92 Å². The molecule has 6 heteroatoms. The lowest BCUT2D eigenvalue weighted by molar-refractivity contribution is -0.120. The highest BCUT2D eigenvalue weighted by Gasteiger charge is 2.06. The Morgan fingerprint density at radius 1 is 1.56 bits per heavy atom. The van der Waals surface area contributed by atoms with Gasteiger partial charge in [-0.3, -0.25) is 4.79 Å². The van der Waals surface area contributed by atoms with E-state index in [1.54, 1.807) is 6.92 Å². The van der Waals surface area contributed by atoms with Gasteiger partial charge in [0.25, 0.3) is 0 Å². The van der Waals surface area contributed by atoms with Gasteiger partial charge in [0.2, 0.25) is 11.8 Å². The molecule has 0 saturated heterocycles. The van der Waals surface area contributed by atoms with E-state index in [0.717, 1.165) is 6.42 Å². The van der Waals surface area contributed by atoms with Gasteiger partial charge in [-0.25, -0.2) is 0 Å². The second-order valence-corrected chi connectivity index (χ2v) is 3.70. The van der Waals surface area contributed by atoms with Crippen LogP contribution >= 0.6 is 0 Å². The average molecular weight is 226 g/mol. The highest BCUT2D eigenvalue weighted by atomic mass is 16.5. The van der Waals surface area contributed by atoms with Crippen LogP contribution in [0.15, 0.2) is 4.52 Å². The van der Waals surface area contributed by atoms with E-state index in [2.05, 4.69) is 27.7 Å². The minimum absolute atomic E-state index is 0.0669. The van der Waals surface area contributed by atoms with Crippen molar-refractivity contribution in [3.05, 3.63) is 11.7 Å². The van der Waals surface area contributed by atoms with Gasteiger partial charge < -0.3 is 15.2 Å². The summed E-state index contributed by atoms with van der Waals surface area (Å²) in [6.45, 7) is 6.43. The summed E-state index contributed by atoms with van der Waals surface area (Å²) in [7, 11) is 0. The lowest BCUT2D eigenvalue weighted by atomic mass is 10.2. The fourth-order valence-corrected chi connectivity index (χ4v) is 1.06. The quantitative estimate of drug-likeness (QED) is 0.733. The maximum atomic E-state index is 11.4. The van der Waals surface area contributed by atoms with Gasteiger partial charge >= 0.3 is 0 Å². The lowest BCUT2D eigenvalue weighted by Gasteiger charge is -2.10. The lowest BCUT2D eigenvalue weighted by Crippen LogP contribution is -2.37. The average Bonchev–Trinajstić information content (AvgIpc) is 2.69. The number of aromatic nitrogens is 2. The van der Waals surface area contributed by atoms with Crippen LogP contribution in [0.3, 0.4) is 0 Å². The molecule has 1 unspecified atom stereocenters. The van der Waals surface area contributed by atoms with Gasteiger partial charge in [0.05, 0.1) is 13.1 Å². The molecule has 1 atom stereocenters. The molecule has 0 bridgehead atoms. The summed E-state index contributed by atoms with van der Waals surface area (Å²) >= 11 is 0. The molecule has 0 aliphatic carbocycles. The van der Waals surface area contributed by atoms with Crippen LogP contribution in [0.2, 0.25) is 0 Å². The highest BCUT2D eigenvalue weighted by molar-refractivity contribution is 5.77. The van der Waals surface area contributed by atoms with Crippen LogP contribution in [0.4, 0.5) is 0 Å². The van der Waals surface area contributed by atoms with Gasteiger partial charge in [-0.15, -0.1) is 0 Å². The molecule has 16 heavy (non-hydrogen) atoms. The molecule has 6 nitrogen and oxygen atoms in total. The van der Waals surface area contributed by atoms with Gasteiger partial charge in [0.15, 0.2) is 5.82 Å². The first-order valence-corrected chi connectivity index (χ1v) is 5.41. The van der Waals surface area contributed by atoms with E-state index in [4.69, 9.17) is 4.52 Å². The number of carbonyl (C=O) groups excluding carboxylic acids is 1. The second kappa shape index (κ2) is 6.22. The van der Waals surface area contributed by atoms with E-state index in [-0.39, 0.29) is 5.91 Å². The number of carbonyl (C=O) groups is 1. The Morgan fingerprint density at radius 2 is 2.31 bits per heavy atom. The Hall–Kier alpha value is -1.43. The predicted octanol–water partition coefficient (Wildman–Crippen LogP) is 0.382. The normalized spacial score (nSPS) is 12.4. The molecule has 1 aromatic rings. The molecule has 0 fully saturated rings. The topological polar surface area (TPSA) is 80.0 Å². The van der Waals surface area contributed by atoms with Crippen molar-refractivity contribution in [3.63, 3.8) is 0 Å². The number of rotatable bonds is 6. The van der Waals surface area contributed by atoms with Crippen molar-refractivity contribution >= 4 is 5.91 Å². The molecule has 0 radical (unpaired) electrons.